The van der Waals surface area contributed by atoms with Gasteiger partial charge in [0.1, 0.15) is 0 Å². The first kappa shape index (κ1) is 10.3. The number of nitrogens with zero attached hydrogens (tertiary/aromatic N) is 1. The third-order valence-electron chi connectivity index (χ3n) is 2.95. The number of aromatic nitrogens is 1. The van der Waals surface area contributed by atoms with Gasteiger partial charge in [0, 0.05) is 30.9 Å². The molecule has 0 bridgehead atoms. The van der Waals surface area contributed by atoms with Crippen molar-refractivity contribution >= 4 is 0 Å². The van der Waals surface area contributed by atoms with Crippen LogP contribution in [0.15, 0.2) is 12.4 Å². The summed E-state index contributed by atoms with van der Waals surface area (Å²) in [6, 6.07) is 0. The van der Waals surface area contributed by atoms with Crippen LogP contribution in [0.5, 0.6) is 0 Å². The van der Waals surface area contributed by atoms with Crippen LogP contribution >= 0.6 is 0 Å². The largest absolute Gasteiger partial charge is 0.388 e. The van der Waals surface area contributed by atoms with Crippen molar-refractivity contribution in [2.45, 2.75) is 45.3 Å². The number of aryl methyl sites for hydroxylation is 2. The molecule has 1 heterocycles. The summed E-state index contributed by atoms with van der Waals surface area (Å²) in [5.41, 5.74) is 2.45. The van der Waals surface area contributed by atoms with Crippen LogP contribution in [-0.2, 0) is 13.0 Å². The van der Waals surface area contributed by atoms with Gasteiger partial charge in [0.2, 0.25) is 0 Å². The van der Waals surface area contributed by atoms with Crippen molar-refractivity contribution in [1.29, 1.82) is 0 Å². The van der Waals surface area contributed by atoms with Gasteiger partial charge >= 0.3 is 0 Å². The quantitative estimate of drug-likeness (QED) is 0.733. The minimum atomic E-state index is -0.243. The Kier molecular flexibility index (Phi) is 3.13. The van der Waals surface area contributed by atoms with Crippen LogP contribution in [0.4, 0.5) is 0 Å². The van der Waals surface area contributed by atoms with Gasteiger partial charge in [-0.05, 0) is 31.7 Å². The molecule has 0 aromatic carbocycles. The molecule has 15 heavy (non-hydrogen) atoms. The van der Waals surface area contributed by atoms with Gasteiger partial charge in [-0.1, -0.05) is 0 Å². The van der Waals surface area contributed by atoms with E-state index >= 15 is 0 Å². The molecule has 0 fully saturated rings. The Morgan fingerprint density at radius 3 is 3.13 bits per heavy atom. The molecule has 0 saturated carbocycles. The van der Waals surface area contributed by atoms with Crippen LogP contribution in [-0.4, -0.2) is 9.67 Å². The number of aliphatic hydroxyl groups is 1. The number of aliphatic hydroxyl groups excluding tert-OH is 1. The molecule has 2 nitrogen and oxygen atoms in total. The molecule has 1 unspecified atom stereocenters. The topological polar surface area (TPSA) is 25.2 Å². The molecule has 1 N–H and O–H groups in total. The second-order valence-electron chi connectivity index (χ2n) is 4.06. The third-order valence-corrected chi connectivity index (χ3v) is 2.95. The van der Waals surface area contributed by atoms with Crippen LogP contribution in [0.3, 0.4) is 0 Å². The zero-order valence-electron chi connectivity index (χ0n) is 9.16. The summed E-state index contributed by atoms with van der Waals surface area (Å²) in [7, 11) is 0. The van der Waals surface area contributed by atoms with Crippen LogP contribution in [0.1, 0.15) is 43.4 Å². The molecule has 2 rings (SSSR count). The fourth-order valence-corrected chi connectivity index (χ4v) is 2.16. The van der Waals surface area contributed by atoms with Crippen LogP contribution in [0, 0.1) is 11.8 Å². The zero-order valence-corrected chi connectivity index (χ0v) is 9.16. The monoisotopic (exact) mass is 203 g/mol. The summed E-state index contributed by atoms with van der Waals surface area (Å²) in [5.74, 6) is 5.95. The predicted octanol–water partition coefficient (Wildman–Crippen LogP) is 2.27. The maximum absolute atomic E-state index is 9.80. The molecular formula is C13H17NO. The van der Waals surface area contributed by atoms with Crippen molar-refractivity contribution in [2.24, 2.45) is 0 Å². The molecule has 0 amide bonds. The van der Waals surface area contributed by atoms with Crippen molar-refractivity contribution in [3.8, 4) is 11.8 Å². The van der Waals surface area contributed by atoms with Gasteiger partial charge < -0.3 is 9.67 Å². The zero-order chi connectivity index (χ0) is 10.7. The normalized spacial score (nSPS) is 19.2. The van der Waals surface area contributed by atoms with Crippen molar-refractivity contribution in [1.82, 2.24) is 4.57 Å². The summed E-state index contributed by atoms with van der Waals surface area (Å²) in [5, 5.41) is 9.80. The lowest BCUT2D eigenvalue weighted by atomic mass is 9.93. The van der Waals surface area contributed by atoms with E-state index in [1.54, 1.807) is 0 Å². The van der Waals surface area contributed by atoms with Gasteiger partial charge in [0.15, 0.2) is 0 Å². The third kappa shape index (κ3) is 2.24. The lowest BCUT2D eigenvalue weighted by molar-refractivity contribution is 0.157. The fraction of sp³-hybridized carbons (Fsp3) is 0.538. The summed E-state index contributed by atoms with van der Waals surface area (Å²) < 4.78 is 2.16. The Balaban J connectivity index is 2.10. The highest BCUT2D eigenvalue weighted by Crippen LogP contribution is 2.30. The van der Waals surface area contributed by atoms with E-state index in [4.69, 9.17) is 0 Å². The number of hydrogen-bond acceptors (Lipinski definition) is 1. The molecule has 1 aromatic rings. The van der Waals surface area contributed by atoms with Gasteiger partial charge in [-0.2, -0.15) is 0 Å². The van der Waals surface area contributed by atoms with Crippen LogP contribution < -0.4 is 0 Å². The summed E-state index contributed by atoms with van der Waals surface area (Å²) >= 11 is 0. The molecule has 2 heteroatoms. The van der Waals surface area contributed by atoms with E-state index in [9.17, 15) is 5.11 Å². The Morgan fingerprint density at radius 1 is 1.53 bits per heavy atom. The van der Waals surface area contributed by atoms with E-state index in [1.807, 2.05) is 6.92 Å². The maximum Gasteiger partial charge on any atom is 0.0807 e. The highest BCUT2D eigenvalue weighted by atomic mass is 16.3. The average molecular weight is 203 g/mol. The highest BCUT2D eigenvalue weighted by molar-refractivity contribution is 5.29. The van der Waals surface area contributed by atoms with Crippen molar-refractivity contribution in [3.05, 3.63) is 23.5 Å². The summed E-state index contributed by atoms with van der Waals surface area (Å²) in [6.07, 6.45) is 8.01. The number of hydrogen-bond donors (Lipinski definition) is 1. The molecule has 1 aromatic heterocycles. The molecule has 1 atom stereocenters. The standard InChI is InChI=1S/C13H17NO/c1-2-3-4-8-14-9-11-6-5-7-13(15)12(11)10-14/h9-10,13,15H,4-8H2,1H3. The minimum Gasteiger partial charge on any atom is -0.388 e. The van der Waals surface area contributed by atoms with Gasteiger partial charge in [-0.3, -0.25) is 0 Å². The first-order valence-electron chi connectivity index (χ1n) is 5.57. The highest BCUT2D eigenvalue weighted by Gasteiger charge is 2.19. The van der Waals surface area contributed by atoms with Crippen molar-refractivity contribution < 1.29 is 5.11 Å². The summed E-state index contributed by atoms with van der Waals surface area (Å²) in [4.78, 5) is 0. The second kappa shape index (κ2) is 4.55. The maximum atomic E-state index is 9.80. The van der Waals surface area contributed by atoms with Crippen molar-refractivity contribution in [3.63, 3.8) is 0 Å². The van der Waals surface area contributed by atoms with E-state index in [-0.39, 0.29) is 6.10 Å². The molecule has 80 valence electrons. The van der Waals surface area contributed by atoms with Gasteiger partial charge in [0.25, 0.3) is 0 Å². The first-order valence-corrected chi connectivity index (χ1v) is 5.57. The van der Waals surface area contributed by atoms with Crippen molar-refractivity contribution in [2.75, 3.05) is 0 Å². The fourth-order valence-electron chi connectivity index (χ4n) is 2.16. The van der Waals surface area contributed by atoms with E-state index < -0.39 is 0 Å². The lowest BCUT2D eigenvalue weighted by Gasteiger charge is -2.16. The van der Waals surface area contributed by atoms with E-state index in [1.165, 1.54) is 5.56 Å². The Morgan fingerprint density at radius 2 is 2.40 bits per heavy atom. The van der Waals surface area contributed by atoms with Gasteiger partial charge in [-0.15, -0.1) is 11.8 Å². The predicted molar refractivity (Wildman–Crippen MR) is 60.4 cm³/mol. The molecule has 0 aliphatic heterocycles. The van der Waals surface area contributed by atoms with E-state index in [0.717, 1.165) is 37.8 Å². The molecule has 1 aliphatic carbocycles. The first-order chi connectivity index (χ1) is 7.31. The Labute approximate surface area is 90.9 Å². The number of rotatable bonds is 2. The second-order valence-corrected chi connectivity index (χ2v) is 4.06. The SMILES string of the molecule is CC#CCCn1cc2c(c1)C(O)CCC2. The molecule has 1 aliphatic rings. The Bertz CT molecular complexity index is 394. The molecule has 0 spiro atoms. The Hall–Kier alpha value is -1.20. The molecular weight excluding hydrogens is 186 g/mol. The van der Waals surface area contributed by atoms with Gasteiger partial charge in [-0.25, -0.2) is 0 Å². The average Bonchev–Trinajstić information content (AvgIpc) is 2.63. The van der Waals surface area contributed by atoms with E-state index in [2.05, 4.69) is 28.8 Å². The summed E-state index contributed by atoms with van der Waals surface area (Å²) in [6.45, 7) is 2.80. The molecule has 0 radical (unpaired) electrons. The van der Waals surface area contributed by atoms with Crippen LogP contribution in [0.2, 0.25) is 0 Å². The van der Waals surface area contributed by atoms with Crippen LogP contribution in [0.25, 0.3) is 0 Å². The van der Waals surface area contributed by atoms with Gasteiger partial charge in [0.05, 0.1) is 6.10 Å². The lowest BCUT2D eigenvalue weighted by Crippen LogP contribution is -2.05. The number of fused-ring (bicyclic) bond motifs is 1. The smallest absolute Gasteiger partial charge is 0.0807 e. The van der Waals surface area contributed by atoms with E-state index in [0.29, 0.717) is 0 Å². The molecule has 0 saturated heterocycles. The minimum absolute atomic E-state index is 0.243.